The number of unbranched alkanes of at least 4 members (excludes halogenated alkanes) is 5. The van der Waals surface area contributed by atoms with Gasteiger partial charge in [-0.1, -0.05) is 39.0 Å². The number of nitrogens with zero attached hydrogens (tertiary/aromatic N) is 1. The zero-order valence-corrected chi connectivity index (χ0v) is 23.6. The van der Waals surface area contributed by atoms with Crippen LogP contribution in [0.2, 0.25) is 0 Å². The fraction of sp³-hybridized carbons (Fsp3) is 1.00. The fourth-order valence-electron chi connectivity index (χ4n) is 3.47. The molecule has 0 heterocycles. The van der Waals surface area contributed by atoms with Gasteiger partial charge in [0, 0.05) is 19.7 Å². The van der Waals surface area contributed by atoms with Crippen molar-refractivity contribution in [3.63, 3.8) is 0 Å². The Kier molecular flexibility index (Phi) is 33.3. The van der Waals surface area contributed by atoms with Crippen LogP contribution in [0.3, 0.4) is 0 Å². The van der Waals surface area contributed by atoms with Crippen molar-refractivity contribution in [3.05, 3.63) is 0 Å². The Balaban J connectivity index is 3.76. The molecule has 0 spiro atoms. The monoisotopic (exact) mass is 539 g/mol. The van der Waals surface area contributed by atoms with E-state index in [1.165, 1.54) is 38.5 Å². The molecule has 2 N–H and O–H groups in total. The van der Waals surface area contributed by atoms with Crippen LogP contribution in [-0.2, 0) is 33.2 Å². The van der Waals surface area contributed by atoms with Gasteiger partial charge in [-0.2, -0.15) is 0 Å². The van der Waals surface area contributed by atoms with Crippen LogP contribution in [0.5, 0.6) is 0 Å². The topological polar surface area (TPSA) is 108 Å². The summed E-state index contributed by atoms with van der Waals surface area (Å²) in [5.74, 6) is 0. The lowest BCUT2D eigenvalue weighted by molar-refractivity contribution is -0.00769. The third-order valence-electron chi connectivity index (χ3n) is 5.47. The van der Waals surface area contributed by atoms with E-state index in [9.17, 15) is 0 Å². The second kappa shape index (κ2) is 33.6. The van der Waals surface area contributed by atoms with Gasteiger partial charge >= 0.3 is 0 Å². The summed E-state index contributed by atoms with van der Waals surface area (Å²) >= 11 is 0. The summed E-state index contributed by atoms with van der Waals surface area (Å²) < 4.78 is 38.1. The SMILES string of the molecule is CCCCCCCCN(CCCOCCOCCOCCO)CCOCCOCCOCCOCCO. The van der Waals surface area contributed by atoms with Crippen molar-refractivity contribution in [3.8, 4) is 0 Å². The van der Waals surface area contributed by atoms with Crippen LogP contribution in [0.1, 0.15) is 51.9 Å². The molecule has 0 aliphatic carbocycles. The number of hydrogen-bond donors (Lipinski definition) is 2. The third kappa shape index (κ3) is 31.7. The van der Waals surface area contributed by atoms with Crippen LogP contribution in [0.15, 0.2) is 0 Å². The van der Waals surface area contributed by atoms with E-state index < -0.39 is 0 Å². The first-order chi connectivity index (χ1) is 18.3. The van der Waals surface area contributed by atoms with E-state index in [2.05, 4.69) is 11.8 Å². The minimum atomic E-state index is 0.0369. The molecular formula is C27H57NO9. The standard InChI is InChI=1S/C27H57NO9/c1-2-3-4-5-6-7-9-28(10-8-14-31-18-22-35-24-20-33-16-12-29)11-15-32-19-23-36-26-27-37-25-21-34-17-13-30/h29-30H,2-27H2,1H3. The van der Waals surface area contributed by atoms with Gasteiger partial charge in [0.05, 0.1) is 99.1 Å². The lowest BCUT2D eigenvalue weighted by Crippen LogP contribution is -2.31. The summed E-state index contributed by atoms with van der Waals surface area (Å²) in [4.78, 5) is 2.48. The van der Waals surface area contributed by atoms with Crippen LogP contribution in [0.4, 0.5) is 0 Å². The summed E-state index contributed by atoms with van der Waals surface area (Å²) in [5.41, 5.74) is 0. The Morgan fingerprint density at radius 3 is 1.24 bits per heavy atom. The molecule has 10 nitrogen and oxygen atoms in total. The molecule has 0 radical (unpaired) electrons. The van der Waals surface area contributed by atoms with E-state index in [-0.39, 0.29) is 13.2 Å². The minimum Gasteiger partial charge on any atom is -0.394 e. The highest BCUT2D eigenvalue weighted by Gasteiger charge is 2.05. The third-order valence-corrected chi connectivity index (χ3v) is 5.47. The summed E-state index contributed by atoms with van der Waals surface area (Å²) in [6, 6.07) is 0. The molecule has 0 aromatic rings. The number of aliphatic hydroxyl groups is 2. The number of rotatable bonds is 33. The summed E-state index contributed by atoms with van der Waals surface area (Å²) in [6.07, 6.45) is 8.78. The predicted molar refractivity (Wildman–Crippen MR) is 144 cm³/mol. The maximum absolute atomic E-state index is 8.65. The lowest BCUT2D eigenvalue weighted by atomic mass is 10.1. The lowest BCUT2D eigenvalue weighted by Gasteiger charge is -2.22. The molecule has 0 fully saturated rings. The van der Waals surface area contributed by atoms with Crippen molar-refractivity contribution in [2.45, 2.75) is 51.9 Å². The zero-order valence-electron chi connectivity index (χ0n) is 23.6. The van der Waals surface area contributed by atoms with Crippen molar-refractivity contribution in [1.29, 1.82) is 0 Å². The van der Waals surface area contributed by atoms with E-state index in [4.69, 9.17) is 43.4 Å². The maximum Gasteiger partial charge on any atom is 0.0701 e. The van der Waals surface area contributed by atoms with Crippen molar-refractivity contribution in [1.82, 2.24) is 4.90 Å². The Morgan fingerprint density at radius 1 is 0.378 bits per heavy atom. The first-order valence-electron chi connectivity index (χ1n) is 14.3. The van der Waals surface area contributed by atoms with Gasteiger partial charge in [-0.05, 0) is 19.4 Å². The number of ether oxygens (including phenoxy) is 7. The first-order valence-corrected chi connectivity index (χ1v) is 14.3. The predicted octanol–water partition coefficient (Wildman–Crippen LogP) is 2.14. The minimum absolute atomic E-state index is 0.0369. The van der Waals surface area contributed by atoms with E-state index >= 15 is 0 Å². The number of hydrogen-bond acceptors (Lipinski definition) is 10. The van der Waals surface area contributed by atoms with Crippen molar-refractivity contribution in [2.24, 2.45) is 0 Å². The molecule has 10 heteroatoms. The first kappa shape index (κ1) is 36.6. The largest absolute Gasteiger partial charge is 0.394 e. The van der Waals surface area contributed by atoms with Crippen LogP contribution in [-0.4, -0.2) is 140 Å². The van der Waals surface area contributed by atoms with Gasteiger partial charge in [-0.15, -0.1) is 0 Å². The number of aliphatic hydroxyl groups excluding tert-OH is 2. The fourth-order valence-corrected chi connectivity index (χ4v) is 3.47. The molecule has 0 saturated carbocycles. The zero-order chi connectivity index (χ0) is 26.9. The van der Waals surface area contributed by atoms with Gasteiger partial charge in [0.1, 0.15) is 0 Å². The van der Waals surface area contributed by atoms with Gasteiger partial charge in [-0.25, -0.2) is 0 Å². The molecule has 0 bridgehead atoms. The molecule has 0 aliphatic heterocycles. The second-order valence-electron chi connectivity index (χ2n) is 8.70. The molecule has 37 heavy (non-hydrogen) atoms. The van der Waals surface area contributed by atoms with Gasteiger partial charge < -0.3 is 48.3 Å². The summed E-state index contributed by atoms with van der Waals surface area (Å²) in [5, 5.41) is 17.3. The quantitative estimate of drug-likeness (QED) is 0.120. The van der Waals surface area contributed by atoms with E-state index in [0.717, 1.165) is 32.7 Å². The summed E-state index contributed by atoms with van der Waals surface area (Å²) in [6.45, 7) is 12.9. The average Bonchev–Trinajstić information content (AvgIpc) is 2.91. The molecule has 0 atom stereocenters. The molecule has 0 amide bonds. The normalized spacial score (nSPS) is 11.7. The Hall–Kier alpha value is -0.400. The van der Waals surface area contributed by atoms with Crippen LogP contribution >= 0.6 is 0 Å². The van der Waals surface area contributed by atoms with Crippen molar-refractivity contribution in [2.75, 3.05) is 125 Å². The van der Waals surface area contributed by atoms with Crippen molar-refractivity contribution >= 4 is 0 Å². The molecule has 0 unspecified atom stereocenters. The second-order valence-corrected chi connectivity index (χ2v) is 8.70. The average molecular weight is 540 g/mol. The van der Waals surface area contributed by atoms with Gasteiger partial charge in [0.2, 0.25) is 0 Å². The molecule has 0 saturated heterocycles. The molecular weight excluding hydrogens is 482 g/mol. The summed E-state index contributed by atoms with van der Waals surface area (Å²) in [7, 11) is 0. The van der Waals surface area contributed by atoms with Crippen LogP contribution in [0.25, 0.3) is 0 Å². The highest BCUT2D eigenvalue weighted by Crippen LogP contribution is 2.06. The highest BCUT2D eigenvalue weighted by molar-refractivity contribution is 4.59. The van der Waals surface area contributed by atoms with Gasteiger partial charge in [0.15, 0.2) is 0 Å². The smallest absolute Gasteiger partial charge is 0.0701 e. The Morgan fingerprint density at radius 2 is 0.757 bits per heavy atom. The van der Waals surface area contributed by atoms with Gasteiger partial charge in [0.25, 0.3) is 0 Å². The van der Waals surface area contributed by atoms with Gasteiger partial charge in [-0.3, -0.25) is 0 Å². The Bertz CT molecular complexity index is 408. The van der Waals surface area contributed by atoms with E-state index in [1.807, 2.05) is 0 Å². The Labute approximate surface area is 225 Å². The molecule has 0 aliphatic rings. The molecule has 0 aromatic heterocycles. The van der Waals surface area contributed by atoms with Crippen LogP contribution in [0, 0.1) is 0 Å². The maximum atomic E-state index is 8.65. The van der Waals surface area contributed by atoms with E-state index in [0.29, 0.717) is 85.9 Å². The highest BCUT2D eigenvalue weighted by atomic mass is 16.6. The molecule has 0 rings (SSSR count). The van der Waals surface area contributed by atoms with Crippen molar-refractivity contribution < 1.29 is 43.4 Å². The molecule has 0 aromatic carbocycles. The molecule has 224 valence electrons. The van der Waals surface area contributed by atoms with E-state index in [1.54, 1.807) is 0 Å². The van der Waals surface area contributed by atoms with Crippen LogP contribution < -0.4 is 0 Å².